The molecular weight excluding hydrogens is 1100 g/mol. The minimum absolute atomic E-state index is 0.929. The summed E-state index contributed by atoms with van der Waals surface area (Å²) in [5.41, 5.74) is 22.4. The Kier molecular flexibility index (Phi) is 54.7. The number of allylic oxidation sites excluding steroid dienone is 4. The van der Waals surface area contributed by atoms with Gasteiger partial charge in [-0.2, -0.15) is 0 Å². The van der Waals surface area contributed by atoms with Crippen LogP contribution in [0.15, 0.2) is 71.8 Å². The standard InChI is InChI=1S/C78H134N2.2CH3.Pd/c1-5-9-12-15-17-19-21-23-25-27-29-31-33-34-35-36-38-40-42-44-46-48-50-52-54-56-59-69-76-74(8-4)78(80(79)77(76)73-67-62-64-71(70-73)63-57-14-11-7-3)75-68-61-60-66-72(75)65-58-55-53-51-49-47-45-43-41-39-37-32-30-28-26-24-22-20-18-16-13-10-6-2;;;/h51,53,60-62,64,66-68,70H,5-50,52,54-59,63,65,69H2,1-4H3;2*1H3;. The van der Waals surface area contributed by atoms with Gasteiger partial charge in [-0.3, -0.25) is 0 Å². The van der Waals surface area contributed by atoms with E-state index in [4.69, 9.17) is 0 Å². The summed E-state index contributed by atoms with van der Waals surface area (Å²) in [7, 11) is 0. The van der Waals surface area contributed by atoms with Gasteiger partial charge in [0.1, 0.15) is 0 Å². The van der Waals surface area contributed by atoms with Crippen LogP contribution in [0.2, 0.25) is 10.8 Å². The Bertz CT molecular complexity index is 1850. The molecule has 83 heavy (non-hydrogen) atoms. The van der Waals surface area contributed by atoms with Gasteiger partial charge in [0.2, 0.25) is 11.4 Å². The van der Waals surface area contributed by atoms with Gasteiger partial charge >= 0.3 is 28.8 Å². The number of hydrogen-bond donors (Lipinski definition) is 0. The summed E-state index contributed by atoms with van der Waals surface area (Å²) in [6.45, 7) is 9.23. The molecule has 1 heterocycles. The predicted molar refractivity (Wildman–Crippen MR) is 371 cm³/mol. The van der Waals surface area contributed by atoms with E-state index in [-0.39, 0.29) is 0 Å². The fourth-order valence-corrected chi connectivity index (χ4v) is 13.1. The molecule has 0 saturated heterocycles. The fraction of sp³-hybridized carbons (Fsp3) is 0.775. The zero-order chi connectivity index (χ0) is 59.6. The molecule has 0 aliphatic carbocycles. The summed E-state index contributed by atoms with van der Waals surface area (Å²) >= 11 is 0.950. The van der Waals surface area contributed by atoms with E-state index < -0.39 is 0 Å². The molecule has 2 aromatic carbocycles. The number of hydrogen-bond acceptors (Lipinski definition) is 0. The normalized spacial score (nSPS) is 12.7. The molecule has 480 valence electrons. The third-order valence-electron chi connectivity index (χ3n) is 18.2. The van der Waals surface area contributed by atoms with Gasteiger partial charge in [0.15, 0.2) is 0 Å². The molecule has 0 atom stereocenters. The molecule has 0 radical (unpaired) electrons. The van der Waals surface area contributed by atoms with Crippen LogP contribution in [0.5, 0.6) is 0 Å². The van der Waals surface area contributed by atoms with E-state index in [0.29, 0.717) is 0 Å². The summed E-state index contributed by atoms with van der Waals surface area (Å²) in [6, 6.07) is 18.2. The van der Waals surface area contributed by atoms with E-state index in [1.807, 2.05) is 0 Å². The van der Waals surface area contributed by atoms with Crippen LogP contribution in [0, 0.1) is 0 Å². The van der Waals surface area contributed by atoms with Crippen LogP contribution >= 0.6 is 0 Å². The van der Waals surface area contributed by atoms with Gasteiger partial charge in [-0.1, -0.05) is 366 Å². The first kappa shape index (κ1) is 77.0. The van der Waals surface area contributed by atoms with Crippen molar-refractivity contribution in [1.82, 2.24) is 0 Å². The van der Waals surface area contributed by atoms with E-state index in [1.165, 1.54) is 354 Å². The van der Waals surface area contributed by atoms with Crippen molar-refractivity contribution in [2.45, 2.75) is 398 Å². The Hall–Kier alpha value is -2.08. The quantitative estimate of drug-likeness (QED) is 0.0273. The second-order valence-electron chi connectivity index (χ2n) is 25.9. The SMILES string of the molecule is CCCCCCCCCCCCCCCCCCCCC=CCCCc1ccccc1C1=C(CC)C(CCCCCCCCCCCCCCCCCCCCCCCCCCCCC)=C(c2cccc(CCCCCC)c2)[N+]1=[N-].[CH3][Pd][CH3]. The van der Waals surface area contributed by atoms with Crippen molar-refractivity contribution in [3.8, 4) is 0 Å². The van der Waals surface area contributed by atoms with Gasteiger partial charge in [-0.15, -0.1) is 0 Å². The zero-order valence-corrected chi connectivity index (χ0v) is 58.1. The van der Waals surface area contributed by atoms with Gasteiger partial charge < -0.3 is 5.53 Å². The molecular formula is C80H140N2Pd. The summed E-state index contributed by atoms with van der Waals surface area (Å²) in [4.78, 5) is 0. The molecule has 0 amide bonds. The van der Waals surface area contributed by atoms with Crippen molar-refractivity contribution in [3.63, 3.8) is 0 Å². The van der Waals surface area contributed by atoms with Crippen LogP contribution in [-0.2, 0) is 30.8 Å². The average molecular weight is 1240 g/mol. The Morgan fingerprint density at radius 2 is 0.675 bits per heavy atom. The summed E-state index contributed by atoms with van der Waals surface area (Å²) in [5, 5.41) is 4.35. The summed E-state index contributed by atoms with van der Waals surface area (Å²) in [6.07, 6.45) is 81.9. The summed E-state index contributed by atoms with van der Waals surface area (Å²) < 4.78 is 1.63. The molecule has 2 nitrogen and oxygen atoms in total. The van der Waals surface area contributed by atoms with Crippen molar-refractivity contribution in [2.24, 2.45) is 0 Å². The number of rotatable bonds is 59. The van der Waals surface area contributed by atoms with Gasteiger partial charge in [-0.05, 0) is 93.5 Å². The van der Waals surface area contributed by atoms with Crippen molar-refractivity contribution < 1.29 is 22.7 Å². The van der Waals surface area contributed by atoms with Gasteiger partial charge in [0, 0.05) is 22.3 Å². The van der Waals surface area contributed by atoms with Crippen molar-refractivity contribution in [1.29, 1.82) is 0 Å². The van der Waals surface area contributed by atoms with Crippen LogP contribution in [0.3, 0.4) is 0 Å². The molecule has 0 bridgehead atoms. The molecule has 0 fully saturated rings. The maximum atomic E-state index is 12.5. The van der Waals surface area contributed by atoms with E-state index >= 15 is 0 Å². The van der Waals surface area contributed by atoms with Crippen LogP contribution < -0.4 is 0 Å². The number of aryl methyl sites for hydroxylation is 2. The number of nitrogens with zero attached hydrogens (tertiary/aromatic N) is 2. The summed E-state index contributed by atoms with van der Waals surface area (Å²) in [5.74, 6) is 0. The Morgan fingerprint density at radius 1 is 0.337 bits per heavy atom. The van der Waals surface area contributed by atoms with E-state index in [0.717, 1.165) is 67.9 Å². The molecule has 0 spiro atoms. The van der Waals surface area contributed by atoms with Gasteiger partial charge in [0.25, 0.3) is 0 Å². The van der Waals surface area contributed by atoms with Gasteiger partial charge in [-0.25, -0.2) is 4.70 Å². The Balaban J connectivity index is 0.00000766. The van der Waals surface area contributed by atoms with Gasteiger partial charge in [0.05, 0.1) is 0 Å². The van der Waals surface area contributed by atoms with Crippen molar-refractivity contribution in [2.75, 3.05) is 0 Å². The number of benzene rings is 2. The second kappa shape index (κ2) is 58.9. The van der Waals surface area contributed by atoms with E-state index in [2.05, 4.69) is 99.2 Å². The van der Waals surface area contributed by atoms with Crippen molar-refractivity contribution >= 4 is 11.4 Å². The predicted octanol–water partition coefficient (Wildman–Crippen LogP) is 28.8. The molecule has 0 aromatic heterocycles. The van der Waals surface area contributed by atoms with Crippen molar-refractivity contribution in [3.05, 3.63) is 99.6 Å². The monoisotopic (exact) mass is 1240 g/mol. The van der Waals surface area contributed by atoms with Crippen LogP contribution in [-0.4, -0.2) is 4.70 Å². The van der Waals surface area contributed by atoms with Crippen LogP contribution in [0.25, 0.3) is 16.9 Å². The molecule has 0 N–H and O–H groups in total. The second-order valence-corrected chi connectivity index (χ2v) is 27.5. The first-order valence-electron chi connectivity index (χ1n) is 37.1. The first-order chi connectivity index (χ1) is 41.1. The third kappa shape index (κ3) is 40.9. The Morgan fingerprint density at radius 3 is 1.07 bits per heavy atom. The fourth-order valence-electron chi connectivity index (χ4n) is 13.1. The Labute approximate surface area is 528 Å². The molecule has 3 rings (SSSR count). The molecule has 0 saturated carbocycles. The number of unbranched alkanes of at least 4 members (excludes halogenated alkanes) is 48. The first-order valence-corrected chi connectivity index (χ1v) is 40.2. The molecule has 0 unspecified atom stereocenters. The average Bonchev–Trinajstić information content (AvgIpc) is 3.34. The molecule has 1 aliphatic heterocycles. The maximum absolute atomic E-state index is 12.5. The topological polar surface area (TPSA) is 25.3 Å². The van der Waals surface area contributed by atoms with E-state index in [1.54, 1.807) is 4.70 Å². The molecule has 3 heteroatoms. The minimum atomic E-state index is 0.929. The van der Waals surface area contributed by atoms with E-state index in [9.17, 15) is 5.53 Å². The van der Waals surface area contributed by atoms with Crippen LogP contribution in [0.1, 0.15) is 397 Å². The molecule has 2 aromatic rings. The van der Waals surface area contributed by atoms with Crippen LogP contribution in [0.4, 0.5) is 0 Å². The molecule has 1 aliphatic rings. The zero-order valence-electron chi connectivity index (χ0n) is 56.6. The third-order valence-corrected chi connectivity index (χ3v) is 18.2.